The van der Waals surface area contributed by atoms with E-state index in [0.29, 0.717) is 0 Å². The van der Waals surface area contributed by atoms with E-state index in [-0.39, 0.29) is 0 Å². The zero-order valence-electron chi connectivity index (χ0n) is 17.9. The highest BCUT2D eigenvalue weighted by Gasteiger charge is 2.22. The molecule has 0 saturated carbocycles. The van der Waals surface area contributed by atoms with Gasteiger partial charge in [0.2, 0.25) is 0 Å². The van der Waals surface area contributed by atoms with E-state index in [1.165, 1.54) is 0 Å². The summed E-state index contributed by atoms with van der Waals surface area (Å²) in [6, 6.07) is 28.5. The van der Waals surface area contributed by atoms with Crippen LogP contribution in [-0.4, -0.2) is 21.3 Å². The Labute approximate surface area is 185 Å². The maximum absolute atomic E-state index is 5.77. The highest BCUT2D eigenvalue weighted by Crippen LogP contribution is 2.46. The smallest absolute Gasteiger partial charge is 0.126 e. The van der Waals surface area contributed by atoms with Gasteiger partial charge < -0.3 is 14.2 Å². The molecule has 1 atom stereocenters. The molecule has 0 aliphatic carbocycles. The van der Waals surface area contributed by atoms with Crippen molar-refractivity contribution in [1.29, 1.82) is 0 Å². The summed E-state index contributed by atoms with van der Waals surface area (Å²) in [5, 5.41) is 1.07. The van der Waals surface area contributed by atoms with Gasteiger partial charge in [0.25, 0.3) is 0 Å². The van der Waals surface area contributed by atoms with E-state index in [2.05, 4.69) is 39.6 Å². The average molecular weight is 428 g/mol. The lowest BCUT2D eigenvalue weighted by molar-refractivity contribution is 0.415. The summed E-state index contributed by atoms with van der Waals surface area (Å²) in [6.45, 7) is 0. The summed E-state index contributed by atoms with van der Waals surface area (Å²) < 4.78 is 17.2. The van der Waals surface area contributed by atoms with Crippen molar-refractivity contribution in [2.75, 3.05) is 21.3 Å². The van der Waals surface area contributed by atoms with Gasteiger partial charge in [-0.15, -0.1) is 9.24 Å². The molecule has 4 heteroatoms. The lowest BCUT2D eigenvalue weighted by Crippen LogP contribution is -2.04. The molecular formula is C27H25O3P. The third-order valence-corrected chi connectivity index (χ3v) is 5.87. The van der Waals surface area contributed by atoms with E-state index >= 15 is 0 Å². The Hall–Kier alpha value is -3.29. The molecule has 0 bridgehead atoms. The van der Waals surface area contributed by atoms with Crippen molar-refractivity contribution in [1.82, 2.24) is 0 Å². The summed E-state index contributed by atoms with van der Waals surface area (Å²) in [5.41, 5.74) is 6.26. The van der Waals surface area contributed by atoms with Crippen molar-refractivity contribution < 1.29 is 14.2 Å². The van der Waals surface area contributed by atoms with Gasteiger partial charge in [0, 0.05) is 27.8 Å². The third-order valence-electron chi connectivity index (χ3n) is 5.39. The van der Waals surface area contributed by atoms with Gasteiger partial charge in [-0.3, -0.25) is 0 Å². The Morgan fingerprint density at radius 3 is 1.39 bits per heavy atom. The first-order valence-corrected chi connectivity index (χ1v) is 10.6. The molecule has 0 aliphatic rings. The minimum atomic E-state index is 0.811. The van der Waals surface area contributed by atoms with Crippen LogP contribution in [0, 0.1) is 0 Å². The van der Waals surface area contributed by atoms with Crippen molar-refractivity contribution >= 4 is 14.5 Å². The highest BCUT2D eigenvalue weighted by atomic mass is 31.0. The summed E-state index contributed by atoms with van der Waals surface area (Å²) in [5.74, 6) is 2.45. The maximum atomic E-state index is 5.77. The Bertz CT molecular complexity index is 1220. The van der Waals surface area contributed by atoms with E-state index in [1.54, 1.807) is 21.3 Å². The molecule has 156 valence electrons. The second-order valence-electron chi connectivity index (χ2n) is 7.05. The standard InChI is InChI=1S/C27H25O3P/c1-28-22-13-7-4-10-18(22)19-16-17-25(31)27(21-12-6-9-15-24(21)30-3)26(19)20-11-5-8-14-23(20)29-2/h4-17H,31H2,1-3H3. The predicted octanol–water partition coefficient (Wildman–Crippen LogP) is 6.21. The quantitative estimate of drug-likeness (QED) is 0.342. The first-order valence-electron chi connectivity index (χ1n) is 10.0. The number of para-hydroxylation sites is 3. The Morgan fingerprint density at radius 1 is 0.452 bits per heavy atom. The van der Waals surface area contributed by atoms with Crippen molar-refractivity contribution in [3.63, 3.8) is 0 Å². The number of methoxy groups -OCH3 is 3. The Kier molecular flexibility index (Phi) is 6.25. The zero-order chi connectivity index (χ0) is 21.8. The van der Waals surface area contributed by atoms with Gasteiger partial charge in [-0.1, -0.05) is 66.7 Å². The topological polar surface area (TPSA) is 27.7 Å². The number of rotatable bonds is 6. The molecule has 4 aromatic carbocycles. The van der Waals surface area contributed by atoms with Gasteiger partial charge in [-0.25, -0.2) is 0 Å². The lowest BCUT2D eigenvalue weighted by atomic mass is 9.86. The van der Waals surface area contributed by atoms with Crippen LogP contribution in [0.5, 0.6) is 17.2 Å². The zero-order valence-corrected chi connectivity index (χ0v) is 19.0. The van der Waals surface area contributed by atoms with E-state index < -0.39 is 0 Å². The summed E-state index contributed by atoms with van der Waals surface area (Å²) >= 11 is 0. The second-order valence-corrected chi connectivity index (χ2v) is 7.68. The van der Waals surface area contributed by atoms with Crippen LogP contribution in [0.25, 0.3) is 33.4 Å². The van der Waals surface area contributed by atoms with Gasteiger partial charge in [-0.05, 0) is 29.1 Å². The van der Waals surface area contributed by atoms with Crippen molar-refractivity contribution in [3.8, 4) is 50.6 Å². The molecule has 4 aromatic rings. The molecule has 1 unspecified atom stereocenters. The Balaban J connectivity index is 2.16. The van der Waals surface area contributed by atoms with Crippen LogP contribution in [0.3, 0.4) is 0 Å². The van der Waals surface area contributed by atoms with E-state index in [0.717, 1.165) is 55.9 Å². The monoisotopic (exact) mass is 428 g/mol. The van der Waals surface area contributed by atoms with E-state index in [4.69, 9.17) is 14.2 Å². The highest BCUT2D eigenvalue weighted by molar-refractivity contribution is 7.28. The van der Waals surface area contributed by atoms with Crippen molar-refractivity contribution in [3.05, 3.63) is 84.9 Å². The van der Waals surface area contributed by atoms with Crippen LogP contribution in [0.2, 0.25) is 0 Å². The van der Waals surface area contributed by atoms with Crippen LogP contribution in [0.4, 0.5) is 0 Å². The van der Waals surface area contributed by atoms with Crippen LogP contribution in [-0.2, 0) is 0 Å². The van der Waals surface area contributed by atoms with Crippen molar-refractivity contribution in [2.45, 2.75) is 0 Å². The average Bonchev–Trinajstić information content (AvgIpc) is 2.83. The molecule has 0 saturated heterocycles. The number of hydrogen-bond acceptors (Lipinski definition) is 3. The molecule has 0 N–H and O–H groups in total. The summed E-state index contributed by atoms with van der Waals surface area (Å²) in [6.07, 6.45) is 0. The van der Waals surface area contributed by atoms with Gasteiger partial charge in [0.05, 0.1) is 21.3 Å². The molecule has 0 aromatic heterocycles. The van der Waals surface area contributed by atoms with Crippen LogP contribution >= 0.6 is 9.24 Å². The first kappa shape index (κ1) is 21.0. The Morgan fingerprint density at radius 2 is 0.871 bits per heavy atom. The molecule has 0 fully saturated rings. The molecule has 0 spiro atoms. The fraction of sp³-hybridized carbons (Fsp3) is 0.111. The SMILES string of the molecule is COc1ccccc1-c1ccc(P)c(-c2ccccc2OC)c1-c1ccccc1OC. The molecule has 0 radical (unpaired) electrons. The third kappa shape index (κ3) is 3.89. The molecule has 0 aliphatic heterocycles. The number of ether oxygens (including phenoxy) is 3. The second kappa shape index (κ2) is 9.24. The minimum Gasteiger partial charge on any atom is -0.496 e. The lowest BCUT2D eigenvalue weighted by Gasteiger charge is -2.22. The number of benzene rings is 4. The summed E-state index contributed by atoms with van der Waals surface area (Å²) in [4.78, 5) is 0. The summed E-state index contributed by atoms with van der Waals surface area (Å²) in [7, 11) is 7.98. The van der Waals surface area contributed by atoms with Gasteiger partial charge in [0.1, 0.15) is 17.2 Å². The van der Waals surface area contributed by atoms with Crippen LogP contribution in [0.15, 0.2) is 84.9 Å². The predicted molar refractivity (Wildman–Crippen MR) is 132 cm³/mol. The van der Waals surface area contributed by atoms with Gasteiger partial charge >= 0.3 is 0 Å². The molecule has 0 amide bonds. The minimum absolute atomic E-state index is 0.811. The fourth-order valence-corrected chi connectivity index (χ4v) is 4.38. The number of hydrogen-bond donors (Lipinski definition) is 0. The van der Waals surface area contributed by atoms with Gasteiger partial charge in [0.15, 0.2) is 0 Å². The maximum Gasteiger partial charge on any atom is 0.126 e. The van der Waals surface area contributed by atoms with E-state index in [1.807, 2.05) is 54.6 Å². The molecule has 3 nitrogen and oxygen atoms in total. The molecule has 0 heterocycles. The first-order chi connectivity index (χ1) is 15.2. The van der Waals surface area contributed by atoms with Gasteiger partial charge in [-0.2, -0.15) is 0 Å². The van der Waals surface area contributed by atoms with Crippen LogP contribution < -0.4 is 19.5 Å². The van der Waals surface area contributed by atoms with E-state index in [9.17, 15) is 0 Å². The van der Waals surface area contributed by atoms with Crippen LogP contribution in [0.1, 0.15) is 0 Å². The van der Waals surface area contributed by atoms with Crippen molar-refractivity contribution in [2.24, 2.45) is 0 Å². The molecule has 4 rings (SSSR count). The molecule has 31 heavy (non-hydrogen) atoms. The normalized spacial score (nSPS) is 10.6. The molecular weight excluding hydrogens is 403 g/mol. The fourth-order valence-electron chi connectivity index (χ4n) is 3.98. The largest absolute Gasteiger partial charge is 0.496 e.